The fraction of sp³-hybridized carbons (Fsp3) is 0.217. The van der Waals surface area contributed by atoms with E-state index in [1.807, 2.05) is 0 Å². The van der Waals surface area contributed by atoms with Crippen LogP contribution in [0.4, 0.5) is 26.3 Å². The second-order valence-electron chi connectivity index (χ2n) is 7.05. The Bertz CT molecular complexity index is 1070. The average Bonchev–Trinajstić information content (AvgIpc) is 2.76. The first-order chi connectivity index (χ1) is 14.9. The Morgan fingerprint density at radius 1 is 0.750 bits per heavy atom. The molecule has 0 radical (unpaired) electrons. The lowest BCUT2D eigenvalue weighted by atomic mass is 9.89. The van der Waals surface area contributed by atoms with Crippen molar-refractivity contribution < 1.29 is 41.3 Å². The van der Waals surface area contributed by atoms with E-state index in [0.717, 1.165) is 12.1 Å². The van der Waals surface area contributed by atoms with Gasteiger partial charge in [0.1, 0.15) is 5.75 Å². The third kappa shape index (κ3) is 4.18. The van der Waals surface area contributed by atoms with E-state index in [9.17, 15) is 36.6 Å². The highest BCUT2D eigenvalue weighted by atomic mass is 19.4. The Hall–Kier alpha value is -3.04. The van der Waals surface area contributed by atoms with E-state index in [1.54, 1.807) is 42.5 Å². The van der Waals surface area contributed by atoms with Gasteiger partial charge in [0.15, 0.2) is 0 Å². The molecule has 2 N–H and O–H groups in total. The smallest absolute Gasteiger partial charge is 0.430 e. The number of aliphatic hydroxyl groups excluding tert-OH is 1. The fourth-order valence-corrected chi connectivity index (χ4v) is 3.36. The van der Waals surface area contributed by atoms with Gasteiger partial charge < -0.3 is 14.9 Å². The van der Waals surface area contributed by atoms with Crippen LogP contribution < -0.4 is 4.74 Å². The molecule has 0 atom stereocenters. The molecule has 0 aliphatic carbocycles. The number of rotatable bonds is 5. The summed E-state index contributed by atoms with van der Waals surface area (Å²) in [5, 5.41) is 19.0. The van der Waals surface area contributed by atoms with Crippen LogP contribution in [-0.2, 0) is 12.2 Å². The summed E-state index contributed by atoms with van der Waals surface area (Å²) in [6.45, 7) is -0.213. The van der Waals surface area contributed by atoms with E-state index in [4.69, 9.17) is 4.74 Å². The molecule has 0 amide bonds. The summed E-state index contributed by atoms with van der Waals surface area (Å²) in [6.07, 6.45) is -11.9. The van der Waals surface area contributed by atoms with Crippen molar-refractivity contribution in [3.05, 3.63) is 77.9 Å². The van der Waals surface area contributed by atoms with Gasteiger partial charge in [0.25, 0.3) is 5.60 Å². The zero-order chi connectivity index (χ0) is 23.7. The molecule has 0 fully saturated rings. The van der Waals surface area contributed by atoms with Crippen LogP contribution in [0.25, 0.3) is 22.3 Å². The van der Waals surface area contributed by atoms with Gasteiger partial charge in [-0.3, -0.25) is 0 Å². The molecule has 0 aliphatic rings. The number of hydrogen-bond acceptors (Lipinski definition) is 3. The summed E-state index contributed by atoms with van der Waals surface area (Å²) in [5.74, 6) is 0.485. The van der Waals surface area contributed by atoms with Gasteiger partial charge >= 0.3 is 12.4 Å². The second kappa shape index (κ2) is 8.48. The second-order valence-corrected chi connectivity index (χ2v) is 7.05. The van der Waals surface area contributed by atoms with Gasteiger partial charge in [0, 0.05) is 5.56 Å². The van der Waals surface area contributed by atoms with Crippen LogP contribution in [0.5, 0.6) is 5.75 Å². The monoisotopic (exact) mass is 456 g/mol. The van der Waals surface area contributed by atoms with Crippen molar-refractivity contribution in [1.82, 2.24) is 0 Å². The Morgan fingerprint density at radius 2 is 1.38 bits per heavy atom. The summed E-state index contributed by atoms with van der Waals surface area (Å²) in [7, 11) is 1.45. The number of alkyl halides is 6. The van der Waals surface area contributed by atoms with Gasteiger partial charge in [-0.1, -0.05) is 48.5 Å². The topological polar surface area (TPSA) is 49.7 Å². The Morgan fingerprint density at radius 3 is 1.91 bits per heavy atom. The first-order valence-corrected chi connectivity index (χ1v) is 9.27. The molecule has 3 aromatic carbocycles. The van der Waals surface area contributed by atoms with Crippen molar-refractivity contribution in [3.63, 3.8) is 0 Å². The number of hydrogen-bond donors (Lipinski definition) is 2. The maximum atomic E-state index is 13.1. The molecule has 0 bridgehead atoms. The van der Waals surface area contributed by atoms with Gasteiger partial charge in [-0.25, -0.2) is 0 Å². The van der Waals surface area contributed by atoms with Crippen LogP contribution >= 0.6 is 0 Å². The van der Waals surface area contributed by atoms with Crippen molar-refractivity contribution in [2.24, 2.45) is 0 Å². The molecule has 0 aliphatic heterocycles. The third-order valence-corrected chi connectivity index (χ3v) is 5.08. The molecule has 0 aromatic heterocycles. The number of halogens is 6. The number of benzene rings is 3. The largest absolute Gasteiger partial charge is 0.497 e. The lowest BCUT2D eigenvalue weighted by Crippen LogP contribution is -2.53. The van der Waals surface area contributed by atoms with Crippen LogP contribution in [0.15, 0.2) is 66.7 Å². The maximum Gasteiger partial charge on any atom is 0.430 e. The van der Waals surface area contributed by atoms with Gasteiger partial charge in [0.2, 0.25) is 0 Å². The fourth-order valence-electron chi connectivity index (χ4n) is 3.36. The predicted octanol–water partition coefficient (Wildman–Crippen LogP) is 5.83. The van der Waals surface area contributed by atoms with Crippen molar-refractivity contribution in [2.45, 2.75) is 24.6 Å². The summed E-state index contributed by atoms with van der Waals surface area (Å²) in [6, 6.07) is 15.1. The van der Waals surface area contributed by atoms with Crippen molar-refractivity contribution in [2.75, 3.05) is 7.11 Å². The van der Waals surface area contributed by atoms with Crippen molar-refractivity contribution in [1.29, 1.82) is 0 Å². The van der Waals surface area contributed by atoms with E-state index in [2.05, 4.69) is 0 Å². The molecule has 3 rings (SSSR count). The van der Waals surface area contributed by atoms with E-state index in [-0.39, 0.29) is 6.61 Å². The Kier molecular flexibility index (Phi) is 6.26. The molecular formula is C23H18F6O3. The quantitative estimate of drug-likeness (QED) is 0.475. The normalized spacial score (nSPS) is 12.7. The van der Waals surface area contributed by atoms with Crippen molar-refractivity contribution >= 4 is 0 Å². The Balaban J connectivity index is 2.13. The molecule has 3 aromatic rings. The lowest BCUT2D eigenvalue weighted by molar-refractivity contribution is -0.376. The molecule has 0 saturated heterocycles. The molecular weight excluding hydrogens is 438 g/mol. The summed E-state index contributed by atoms with van der Waals surface area (Å²) < 4.78 is 84.1. The number of aliphatic hydroxyl groups is 2. The third-order valence-electron chi connectivity index (χ3n) is 5.08. The molecule has 3 nitrogen and oxygen atoms in total. The maximum absolute atomic E-state index is 13.1. The Labute approximate surface area is 179 Å². The first kappa shape index (κ1) is 23.6. The lowest BCUT2D eigenvalue weighted by Gasteiger charge is -2.32. The van der Waals surface area contributed by atoms with Gasteiger partial charge in [-0.05, 0) is 46.0 Å². The molecule has 0 saturated carbocycles. The highest BCUT2D eigenvalue weighted by molar-refractivity contribution is 5.84. The minimum absolute atomic E-state index is 0.213. The minimum Gasteiger partial charge on any atom is -0.497 e. The van der Waals surface area contributed by atoms with Gasteiger partial charge in [-0.2, -0.15) is 26.3 Å². The van der Waals surface area contributed by atoms with E-state index in [0.29, 0.717) is 45.7 Å². The number of methoxy groups -OCH3 is 1. The standard InChI is InChI=1S/C23H18F6O3/c1-32-18-9-10-19(20(12-18)16-4-2-3-14(11-16)13-30)15-5-7-17(8-6-15)21(31,22(24,25)26)23(27,28)29/h2-12,30-31H,13H2,1H3. The molecule has 0 heterocycles. The minimum atomic E-state index is -5.96. The van der Waals surface area contributed by atoms with Crippen LogP contribution in [0.1, 0.15) is 11.1 Å². The highest BCUT2D eigenvalue weighted by Gasteiger charge is 2.71. The molecule has 0 spiro atoms. The van der Waals surface area contributed by atoms with Crippen molar-refractivity contribution in [3.8, 4) is 28.0 Å². The zero-order valence-corrected chi connectivity index (χ0v) is 16.6. The molecule has 32 heavy (non-hydrogen) atoms. The SMILES string of the molecule is COc1ccc(-c2ccc(C(O)(C(F)(F)F)C(F)(F)F)cc2)c(-c2cccc(CO)c2)c1. The van der Waals surface area contributed by atoms with Gasteiger partial charge in [-0.15, -0.1) is 0 Å². The summed E-state index contributed by atoms with van der Waals surface area (Å²) >= 11 is 0. The number of ether oxygens (including phenoxy) is 1. The van der Waals surface area contributed by atoms with Gasteiger partial charge in [0.05, 0.1) is 13.7 Å². The first-order valence-electron chi connectivity index (χ1n) is 9.27. The van der Waals surface area contributed by atoms with E-state index < -0.39 is 23.5 Å². The van der Waals surface area contributed by atoms with Crippen LogP contribution in [-0.4, -0.2) is 29.7 Å². The molecule has 0 unspecified atom stereocenters. The summed E-state index contributed by atoms with van der Waals surface area (Å²) in [5.41, 5.74) is -3.62. The van der Waals surface area contributed by atoms with Crippen LogP contribution in [0.3, 0.4) is 0 Å². The van der Waals surface area contributed by atoms with E-state index in [1.165, 1.54) is 7.11 Å². The van der Waals surface area contributed by atoms with Crippen LogP contribution in [0, 0.1) is 0 Å². The molecule has 170 valence electrons. The van der Waals surface area contributed by atoms with Crippen LogP contribution in [0.2, 0.25) is 0 Å². The summed E-state index contributed by atoms with van der Waals surface area (Å²) in [4.78, 5) is 0. The molecule has 9 heteroatoms. The zero-order valence-electron chi connectivity index (χ0n) is 16.6. The highest BCUT2D eigenvalue weighted by Crippen LogP contribution is 2.50. The predicted molar refractivity (Wildman–Crippen MR) is 106 cm³/mol. The average molecular weight is 456 g/mol. The van der Waals surface area contributed by atoms with E-state index >= 15 is 0 Å².